The van der Waals surface area contributed by atoms with Crippen LogP contribution in [0.2, 0.25) is 0 Å². The fourth-order valence-electron chi connectivity index (χ4n) is 9.38. The average molecular weight is 835 g/mol. The number of carbonyl (C=O) groups excluding carboxylic acids is 3. The number of benzene rings is 3. The van der Waals surface area contributed by atoms with Crippen LogP contribution in [0.15, 0.2) is 48.7 Å². The Morgan fingerprint density at radius 1 is 0.918 bits per heavy atom. The van der Waals surface area contributed by atoms with Crippen molar-refractivity contribution < 1.29 is 38.5 Å². The number of amides is 4. The topological polar surface area (TPSA) is 204 Å². The van der Waals surface area contributed by atoms with Gasteiger partial charge >= 0.3 is 12.2 Å². The normalized spacial score (nSPS) is 20.7. The van der Waals surface area contributed by atoms with Gasteiger partial charge in [0.2, 0.25) is 11.8 Å². The number of fused-ring (bicyclic) bond motifs is 6. The van der Waals surface area contributed by atoms with Gasteiger partial charge in [-0.2, -0.15) is 0 Å². The van der Waals surface area contributed by atoms with Crippen LogP contribution in [-0.4, -0.2) is 104 Å². The van der Waals surface area contributed by atoms with Crippen molar-refractivity contribution >= 4 is 45.8 Å². The van der Waals surface area contributed by atoms with Crippen molar-refractivity contribution in [2.75, 3.05) is 27.4 Å². The first-order chi connectivity index (χ1) is 29.3. The fourth-order valence-corrected chi connectivity index (χ4v) is 9.38. The second-order valence-electron chi connectivity index (χ2n) is 17.3. The molecule has 3 aliphatic heterocycles. The molecule has 4 amide bonds. The molecule has 16 nitrogen and oxygen atoms in total. The summed E-state index contributed by atoms with van der Waals surface area (Å²) in [6.45, 7) is 10.8. The SMILES string of the molecule is COC[C@H]1C[C@@H](c2nc3ccc4cc5c(cc4c3[nH]2)OCc2cc(-c3cnc([C@@H]4CC[C@H](C)N4C(=O)C(NC(=O)O)C(C)C)[nH]3)ccc2-5)N(C(=O)C(NC(=O)OC)C(C)C)C1. The lowest BCUT2D eigenvalue weighted by atomic mass is 9.92. The molecule has 0 saturated carbocycles. The highest BCUT2D eigenvalue weighted by Crippen LogP contribution is 2.44. The van der Waals surface area contributed by atoms with E-state index in [9.17, 15) is 24.3 Å². The van der Waals surface area contributed by atoms with Gasteiger partial charge in [0.05, 0.1) is 48.7 Å². The zero-order chi connectivity index (χ0) is 43.3. The number of carbonyl (C=O) groups is 4. The summed E-state index contributed by atoms with van der Waals surface area (Å²) in [6, 6.07) is 12.2. The summed E-state index contributed by atoms with van der Waals surface area (Å²) in [7, 11) is 2.94. The predicted octanol–water partition coefficient (Wildman–Crippen LogP) is 6.93. The van der Waals surface area contributed by atoms with Gasteiger partial charge in [-0.25, -0.2) is 19.6 Å². The molecule has 61 heavy (non-hydrogen) atoms. The number of nitrogens with zero attached hydrogens (tertiary/aromatic N) is 4. The minimum Gasteiger partial charge on any atom is -0.488 e. The van der Waals surface area contributed by atoms with Gasteiger partial charge in [0.25, 0.3) is 0 Å². The largest absolute Gasteiger partial charge is 0.488 e. The van der Waals surface area contributed by atoms with E-state index >= 15 is 0 Å². The third-order valence-electron chi connectivity index (χ3n) is 12.5. The predicted molar refractivity (Wildman–Crippen MR) is 228 cm³/mol. The molecule has 3 aliphatic rings. The van der Waals surface area contributed by atoms with Gasteiger partial charge in [0, 0.05) is 36.6 Å². The third-order valence-corrected chi connectivity index (χ3v) is 12.5. The van der Waals surface area contributed by atoms with E-state index in [1.54, 1.807) is 23.1 Å². The Hall–Kier alpha value is -6.16. The Morgan fingerprint density at radius 3 is 2.41 bits per heavy atom. The van der Waals surface area contributed by atoms with Crippen LogP contribution in [0.4, 0.5) is 9.59 Å². The smallest absolute Gasteiger partial charge is 0.407 e. The molecule has 2 saturated heterocycles. The molecule has 5 aromatic rings. The zero-order valence-corrected chi connectivity index (χ0v) is 35.6. The number of likely N-dealkylation sites (tertiary alicyclic amines) is 2. The van der Waals surface area contributed by atoms with Crippen LogP contribution in [0.25, 0.3) is 44.2 Å². The van der Waals surface area contributed by atoms with Crippen molar-refractivity contribution in [1.29, 1.82) is 0 Å². The summed E-state index contributed by atoms with van der Waals surface area (Å²) in [6.07, 6.45) is 2.06. The molecule has 2 aromatic heterocycles. The molecule has 3 aromatic carbocycles. The first kappa shape index (κ1) is 41.6. The lowest BCUT2D eigenvalue weighted by Gasteiger charge is -2.32. The average Bonchev–Trinajstić information content (AvgIpc) is 4.06. The van der Waals surface area contributed by atoms with Gasteiger partial charge in [0.1, 0.15) is 36.1 Å². The maximum Gasteiger partial charge on any atom is 0.407 e. The number of carboxylic acid groups (broad SMARTS) is 1. The lowest BCUT2D eigenvalue weighted by Crippen LogP contribution is -2.52. The molecule has 322 valence electrons. The van der Waals surface area contributed by atoms with E-state index in [4.69, 9.17) is 24.2 Å². The van der Waals surface area contributed by atoms with Gasteiger partial charge in [-0.3, -0.25) is 9.59 Å². The summed E-state index contributed by atoms with van der Waals surface area (Å²) in [4.78, 5) is 71.8. The lowest BCUT2D eigenvalue weighted by molar-refractivity contribution is -0.137. The van der Waals surface area contributed by atoms with Crippen LogP contribution in [-0.2, 0) is 25.7 Å². The number of aromatic nitrogens is 4. The summed E-state index contributed by atoms with van der Waals surface area (Å²) in [5.74, 6) is 1.37. The summed E-state index contributed by atoms with van der Waals surface area (Å²) in [5.41, 5.74) is 6.42. The molecular formula is C45H54N8O8. The standard InChI is InChI=1S/C45H54N8O8/c1-22(2)37(51-45(58)60-7)42(54)52-19-25(20-59-6)14-35(52)41-47-32-12-10-26-16-31-29-11-9-27(15-28(29)21-61-36(31)17-30(26)39(32)49-41)33-18-46-40(48-33)34-13-8-24(5)53(34)43(55)38(23(3)4)50-44(56)57/h9-12,15-18,22-25,34-35,37-38,50H,8,13-14,19-21H2,1-7H3,(H,46,48)(H,47,49)(H,51,58)(H,56,57)/t24-,25-,34-,35-,37?,38?/m0/s1. The van der Waals surface area contributed by atoms with Crippen molar-refractivity contribution in [3.8, 4) is 28.1 Å². The number of methoxy groups -OCH3 is 2. The Balaban J connectivity index is 1.06. The van der Waals surface area contributed by atoms with Crippen LogP contribution >= 0.6 is 0 Å². The molecule has 5 N–H and O–H groups in total. The van der Waals surface area contributed by atoms with Crippen molar-refractivity contribution in [1.82, 2.24) is 40.4 Å². The van der Waals surface area contributed by atoms with Crippen LogP contribution in [0.3, 0.4) is 0 Å². The Bertz CT molecular complexity index is 2490. The highest BCUT2D eigenvalue weighted by atomic mass is 16.5. The van der Waals surface area contributed by atoms with E-state index in [0.29, 0.717) is 37.8 Å². The molecule has 16 heteroatoms. The van der Waals surface area contributed by atoms with E-state index in [1.807, 2.05) is 40.7 Å². The van der Waals surface area contributed by atoms with Crippen molar-refractivity contribution in [2.24, 2.45) is 17.8 Å². The van der Waals surface area contributed by atoms with Gasteiger partial charge in [-0.05, 0) is 84.4 Å². The fraction of sp³-hybridized carbons (Fsp3) is 0.467. The van der Waals surface area contributed by atoms with Gasteiger partial charge in [0.15, 0.2) is 0 Å². The first-order valence-corrected chi connectivity index (χ1v) is 21.0. The van der Waals surface area contributed by atoms with E-state index < -0.39 is 24.3 Å². The highest BCUT2D eigenvalue weighted by molar-refractivity contribution is 6.07. The summed E-state index contributed by atoms with van der Waals surface area (Å²) < 4.78 is 16.8. The molecule has 8 rings (SSSR count). The van der Waals surface area contributed by atoms with Crippen molar-refractivity contribution in [2.45, 2.75) is 90.7 Å². The molecule has 0 aliphatic carbocycles. The van der Waals surface area contributed by atoms with E-state index in [2.05, 4.69) is 57.0 Å². The molecule has 2 fully saturated rings. The van der Waals surface area contributed by atoms with Crippen molar-refractivity contribution in [3.05, 3.63) is 65.9 Å². The molecular weight excluding hydrogens is 781 g/mol. The Morgan fingerprint density at radius 2 is 1.69 bits per heavy atom. The quantitative estimate of drug-likeness (QED) is 0.0929. The van der Waals surface area contributed by atoms with E-state index in [0.717, 1.165) is 68.3 Å². The second-order valence-corrected chi connectivity index (χ2v) is 17.3. The van der Waals surface area contributed by atoms with Crippen LogP contribution < -0.4 is 15.4 Å². The maximum atomic E-state index is 14.1. The number of H-pyrrole nitrogens is 2. The summed E-state index contributed by atoms with van der Waals surface area (Å²) >= 11 is 0. The van der Waals surface area contributed by atoms with Crippen LogP contribution in [0.1, 0.15) is 83.2 Å². The molecule has 0 radical (unpaired) electrons. The molecule has 0 spiro atoms. The third kappa shape index (κ3) is 7.84. The van der Waals surface area contributed by atoms with Gasteiger partial charge in [-0.15, -0.1) is 0 Å². The number of imidazole rings is 2. The van der Waals surface area contributed by atoms with E-state index in [-0.39, 0.29) is 47.7 Å². The minimum atomic E-state index is -1.22. The number of nitrogens with one attached hydrogen (secondary N) is 4. The number of rotatable bonds is 11. The second kappa shape index (κ2) is 16.7. The number of ether oxygens (including phenoxy) is 3. The van der Waals surface area contributed by atoms with Crippen LogP contribution in [0.5, 0.6) is 5.75 Å². The van der Waals surface area contributed by atoms with Crippen molar-refractivity contribution in [3.63, 3.8) is 0 Å². The Labute approximate surface area is 353 Å². The summed E-state index contributed by atoms with van der Waals surface area (Å²) in [5, 5.41) is 16.5. The zero-order valence-electron chi connectivity index (χ0n) is 35.6. The maximum absolute atomic E-state index is 14.1. The highest BCUT2D eigenvalue weighted by Gasteiger charge is 2.43. The molecule has 0 bridgehead atoms. The number of hydrogen-bond acceptors (Lipinski definition) is 9. The number of hydrogen-bond donors (Lipinski definition) is 5. The first-order valence-electron chi connectivity index (χ1n) is 21.0. The van der Waals surface area contributed by atoms with Crippen LogP contribution in [0, 0.1) is 17.8 Å². The Kier molecular flexibility index (Phi) is 11.4. The van der Waals surface area contributed by atoms with E-state index in [1.165, 1.54) is 7.11 Å². The monoisotopic (exact) mass is 834 g/mol. The number of aromatic amines is 2. The number of alkyl carbamates (subject to hydrolysis) is 1. The molecule has 5 heterocycles. The van der Waals surface area contributed by atoms with Gasteiger partial charge < -0.3 is 49.7 Å². The van der Waals surface area contributed by atoms with Gasteiger partial charge in [-0.1, -0.05) is 45.9 Å². The minimum absolute atomic E-state index is 0.0608. The molecule has 2 unspecified atom stereocenters. The molecule has 6 atom stereocenters.